The molecule has 15 heavy (non-hydrogen) atoms. The number of aryl methyl sites for hydroxylation is 1. The van der Waals surface area contributed by atoms with E-state index in [4.69, 9.17) is 4.74 Å². The molecule has 0 saturated heterocycles. The van der Waals surface area contributed by atoms with Crippen molar-refractivity contribution < 1.29 is 4.74 Å². The fourth-order valence-corrected chi connectivity index (χ4v) is 1.45. The number of aromatic nitrogens is 2. The van der Waals surface area contributed by atoms with Crippen molar-refractivity contribution >= 4 is 0 Å². The highest BCUT2D eigenvalue weighted by atomic mass is 16.5. The predicted octanol–water partition coefficient (Wildman–Crippen LogP) is 1.47. The SMILES string of the molecule is CNC(CCCOC)c1cnc(C)cn1. The normalized spacial score (nSPS) is 12.7. The van der Waals surface area contributed by atoms with Crippen LogP contribution in [-0.4, -0.2) is 30.7 Å². The van der Waals surface area contributed by atoms with Crippen molar-refractivity contribution in [2.45, 2.75) is 25.8 Å². The fourth-order valence-electron chi connectivity index (χ4n) is 1.45. The number of hydrogen-bond donors (Lipinski definition) is 1. The molecule has 1 unspecified atom stereocenters. The van der Waals surface area contributed by atoms with E-state index in [-0.39, 0.29) is 6.04 Å². The van der Waals surface area contributed by atoms with E-state index in [0.717, 1.165) is 30.8 Å². The van der Waals surface area contributed by atoms with Crippen LogP contribution in [0.25, 0.3) is 0 Å². The maximum absolute atomic E-state index is 5.03. The summed E-state index contributed by atoms with van der Waals surface area (Å²) in [6.07, 6.45) is 5.68. The molecule has 1 rings (SSSR count). The highest BCUT2D eigenvalue weighted by Crippen LogP contribution is 2.14. The van der Waals surface area contributed by atoms with E-state index >= 15 is 0 Å². The zero-order chi connectivity index (χ0) is 11.1. The molecule has 1 atom stereocenters. The van der Waals surface area contributed by atoms with Crippen LogP contribution in [-0.2, 0) is 4.74 Å². The smallest absolute Gasteiger partial charge is 0.0756 e. The zero-order valence-electron chi connectivity index (χ0n) is 9.66. The van der Waals surface area contributed by atoms with Gasteiger partial charge in [0.1, 0.15) is 0 Å². The van der Waals surface area contributed by atoms with Crippen molar-refractivity contribution in [3.05, 3.63) is 23.8 Å². The zero-order valence-corrected chi connectivity index (χ0v) is 9.66. The molecule has 0 aliphatic carbocycles. The molecule has 4 heteroatoms. The second-order valence-electron chi connectivity index (χ2n) is 3.56. The van der Waals surface area contributed by atoms with Gasteiger partial charge in [-0.2, -0.15) is 0 Å². The van der Waals surface area contributed by atoms with Gasteiger partial charge in [-0.15, -0.1) is 0 Å². The Labute approximate surface area is 91.1 Å². The number of nitrogens with one attached hydrogen (secondary N) is 1. The summed E-state index contributed by atoms with van der Waals surface area (Å²) in [7, 11) is 3.67. The number of ether oxygens (including phenoxy) is 1. The summed E-state index contributed by atoms with van der Waals surface area (Å²) < 4.78 is 5.03. The van der Waals surface area contributed by atoms with Crippen molar-refractivity contribution in [1.29, 1.82) is 0 Å². The lowest BCUT2D eigenvalue weighted by Gasteiger charge is -2.14. The first-order chi connectivity index (χ1) is 7.27. The molecule has 84 valence electrons. The number of rotatable bonds is 6. The van der Waals surface area contributed by atoms with E-state index in [1.165, 1.54) is 0 Å². The van der Waals surface area contributed by atoms with Gasteiger partial charge in [-0.1, -0.05) is 0 Å². The van der Waals surface area contributed by atoms with Crippen LogP contribution in [0.3, 0.4) is 0 Å². The van der Waals surface area contributed by atoms with Gasteiger partial charge in [0, 0.05) is 19.9 Å². The third-order valence-corrected chi connectivity index (χ3v) is 2.35. The van der Waals surface area contributed by atoms with Gasteiger partial charge in [-0.25, -0.2) is 0 Å². The number of hydrogen-bond acceptors (Lipinski definition) is 4. The van der Waals surface area contributed by atoms with E-state index in [1.54, 1.807) is 13.3 Å². The van der Waals surface area contributed by atoms with Crippen molar-refractivity contribution in [2.75, 3.05) is 20.8 Å². The molecule has 1 aromatic rings. The maximum atomic E-state index is 5.03. The summed E-state index contributed by atoms with van der Waals surface area (Å²) >= 11 is 0. The molecule has 1 aromatic heterocycles. The average molecular weight is 209 g/mol. The van der Waals surface area contributed by atoms with Gasteiger partial charge in [-0.3, -0.25) is 9.97 Å². The van der Waals surface area contributed by atoms with Crippen LogP contribution in [0, 0.1) is 6.92 Å². The Bertz CT molecular complexity index is 274. The first-order valence-corrected chi connectivity index (χ1v) is 5.22. The molecule has 0 radical (unpaired) electrons. The Morgan fingerprint density at radius 2 is 2.20 bits per heavy atom. The summed E-state index contributed by atoms with van der Waals surface area (Å²) in [6.45, 7) is 2.73. The van der Waals surface area contributed by atoms with Crippen LogP contribution in [0.5, 0.6) is 0 Å². The van der Waals surface area contributed by atoms with Crippen molar-refractivity contribution in [3.63, 3.8) is 0 Å². The predicted molar refractivity (Wildman–Crippen MR) is 59.7 cm³/mol. The lowest BCUT2D eigenvalue weighted by molar-refractivity contribution is 0.189. The Balaban J connectivity index is 2.53. The molecule has 4 nitrogen and oxygen atoms in total. The minimum absolute atomic E-state index is 0.272. The molecule has 0 aromatic carbocycles. The van der Waals surface area contributed by atoms with Crippen molar-refractivity contribution in [2.24, 2.45) is 0 Å². The molecule has 0 aliphatic heterocycles. The van der Waals surface area contributed by atoms with Gasteiger partial charge in [0.05, 0.1) is 23.6 Å². The van der Waals surface area contributed by atoms with Crippen molar-refractivity contribution in [1.82, 2.24) is 15.3 Å². The molecule has 0 spiro atoms. The van der Waals surface area contributed by atoms with Crippen molar-refractivity contribution in [3.8, 4) is 0 Å². The van der Waals surface area contributed by atoms with Crippen LogP contribution in [0.4, 0.5) is 0 Å². The molecule has 1 N–H and O–H groups in total. The van der Waals surface area contributed by atoms with Gasteiger partial charge < -0.3 is 10.1 Å². The third-order valence-electron chi connectivity index (χ3n) is 2.35. The Hall–Kier alpha value is -1.00. The van der Waals surface area contributed by atoms with Gasteiger partial charge in [0.15, 0.2) is 0 Å². The monoisotopic (exact) mass is 209 g/mol. The summed E-state index contributed by atoms with van der Waals surface area (Å²) in [6, 6.07) is 0.272. The second kappa shape index (κ2) is 6.48. The van der Waals surface area contributed by atoms with E-state index in [2.05, 4.69) is 15.3 Å². The molecular weight excluding hydrogens is 190 g/mol. The van der Waals surface area contributed by atoms with E-state index in [1.807, 2.05) is 20.2 Å². The largest absolute Gasteiger partial charge is 0.385 e. The Morgan fingerprint density at radius 3 is 2.73 bits per heavy atom. The summed E-state index contributed by atoms with van der Waals surface area (Å²) in [4.78, 5) is 8.60. The lowest BCUT2D eigenvalue weighted by Crippen LogP contribution is -2.18. The van der Waals surface area contributed by atoms with E-state index in [0.29, 0.717) is 0 Å². The fraction of sp³-hybridized carbons (Fsp3) is 0.636. The van der Waals surface area contributed by atoms with Crippen LogP contribution < -0.4 is 5.32 Å². The highest BCUT2D eigenvalue weighted by Gasteiger charge is 2.10. The Morgan fingerprint density at radius 1 is 1.40 bits per heavy atom. The van der Waals surface area contributed by atoms with E-state index in [9.17, 15) is 0 Å². The lowest BCUT2D eigenvalue weighted by atomic mass is 10.1. The first-order valence-electron chi connectivity index (χ1n) is 5.22. The minimum Gasteiger partial charge on any atom is -0.385 e. The first kappa shape index (κ1) is 12.1. The summed E-state index contributed by atoms with van der Waals surface area (Å²) in [5, 5.41) is 3.24. The molecule has 0 bridgehead atoms. The highest BCUT2D eigenvalue weighted by molar-refractivity contribution is 5.05. The number of methoxy groups -OCH3 is 1. The van der Waals surface area contributed by atoms with E-state index < -0.39 is 0 Å². The molecule has 0 saturated carbocycles. The third kappa shape index (κ3) is 3.93. The average Bonchev–Trinajstić information content (AvgIpc) is 2.26. The van der Waals surface area contributed by atoms with Crippen LogP contribution in [0.1, 0.15) is 30.3 Å². The molecular formula is C11H19N3O. The summed E-state index contributed by atoms with van der Waals surface area (Å²) in [5.74, 6) is 0. The van der Waals surface area contributed by atoms with Gasteiger partial charge in [0.2, 0.25) is 0 Å². The van der Waals surface area contributed by atoms with Gasteiger partial charge in [0.25, 0.3) is 0 Å². The van der Waals surface area contributed by atoms with Crippen LogP contribution in [0.15, 0.2) is 12.4 Å². The molecule has 1 heterocycles. The quantitative estimate of drug-likeness (QED) is 0.721. The molecule has 0 amide bonds. The standard InChI is InChI=1S/C11H19N3O/c1-9-7-14-11(8-13-9)10(12-2)5-4-6-15-3/h7-8,10,12H,4-6H2,1-3H3. The second-order valence-corrected chi connectivity index (χ2v) is 3.56. The van der Waals surface area contributed by atoms with Gasteiger partial charge in [-0.05, 0) is 26.8 Å². The Kier molecular flexibility index (Phi) is 5.21. The summed E-state index contributed by atoms with van der Waals surface area (Å²) in [5.41, 5.74) is 1.95. The van der Waals surface area contributed by atoms with Gasteiger partial charge >= 0.3 is 0 Å². The van der Waals surface area contributed by atoms with Crippen LogP contribution in [0.2, 0.25) is 0 Å². The molecule has 0 aliphatic rings. The maximum Gasteiger partial charge on any atom is 0.0756 e. The minimum atomic E-state index is 0.272. The molecule has 0 fully saturated rings. The number of nitrogens with zero attached hydrogens (tertiary/aromatic N) is 2. The van der Waals surface area contributed by atoms with Crippen LogP contribution >= 0.6 is 0 Å². The topological polar surface area (TPSA) is 47.0 Å².